The third-order valence-electron chi connectivity index (χ3n) is 6.92. The molecular weight excluding hydrogens is 496 g/mol. The fraction of sp³-hybridized carbons (Fsp3) is 0.400. The highest BCUT2D eigenvalue weighted by Crippen LogP contribution is 2.36. The molecule has 0 unspecified atom stereocenters. The lowest BCUT2D eigenvalue weighted by molar-refractivity contribution is -0.255. The molecule has 0 bridgehead atoms. The number of carboxylic acids is 1. The van der Waals surface area contributed by atoms with Crippen molar-refractivity contribution in [2.45, 2.75) is 24.3 Å². The lowest BCUT2D eigenvalue weighted by Gasteiger charge is -2.29. The molecule has 1 N–H and O–H groups in total. The molecule has 1 amide bonds. The number of morpholine rings is 1. The Kier molecular flexibility index (Phi) is 6.62. The summed E-state index contributed by atoms with van der Waals surface area (Å²) < 4.78 is 25.0. The molecule has 3 saturated heterocycles. The molecule has 198 valence electrons. The van der Waals surface area contributed by atoms with Crippen LogP contribution in [0.2, 0.25) is 0 Å². The van der Waals surface area contributed by atoms with Crippen LogP contribution in [0.5, 0.6) is 11.8 Å². The van der Waals surface area contributed by atoms with Crippen LogP contribution in [0.15, 0.2) is 48.5 Å². The molecule has 3 aliphatic heterocycles. The van der Waals surface area contributed by atoms with E-state index in [1.807, 2.05) is 24.3 Å². The first-order valence-corrected chi connectivity index (χ1v) is 12.3. The second-order valence-corrected chi connectivity index (χ2v) is 9.18. The average molecular weight is 522 g/mol. The van der Waals surface area contributed by atoms with E-state index in [1.165, 1.54) is 22.9 Å². The Morgan fingerprint density at radius 1 is 1.00 bits per heavy atom. The number of carboxylic acid groups (broad SMARTS) is 1. The van der Waals surface area contributed by atoms with Gasteiger partial charge in [-0.1, -0.05) is 29.4 Å². The third-order valence-corrected chi connectivity index (χ3v) is 6.92. The highest BCUT2D eigenvalue weighted by molar-refractivity contribution is 6.04. The Bertz CT molecular complexity index is 1330. The molecule has 1 aromatic heterocycles. The fourth-order valence-electron chi connectivity index (χ4n) is 5.05. The summed E-state index contributed by atoms with van der Waals surface area (Å²) in [5, 5.41) is 26.2. The molecule has 0 saturated carbocycles. The lowest BCUT2D eigenvalue weighted by Crippen LogP contribution is -2.44. The van der Waals surface area contributed by atoms with Gasteiger partial charge in [-0.2, -0.15) is 4.68 Å². The molecule has 0 radical (unpaired) electrons. The number of aromatic nitrogens is 4. The number of carbonyl (C=O) groups is 2. The van der Waals surface area contributed by atoms with Crippen LogP contribution in [0.25, 0.3) is 0 Å². The van der Waals surface area contributed by atoms with Gasteiger partial charge in [0.1, 0.15) is 24.0 Å². The van der Waals surface area contributed by atoms with Crippen LogP contribution >= 0.6 is 0 Å². The fourth-order valence-corrected chi connectivity index (χ4v) is 5.05. The first-order valence-electron chi connectivity index (χ1n) is 12.3. The van der Waals surface area contributed by atoms with Gasteiger partial charge in [-0.15, -0.1) is 0 Å². The summed E-state index contributed by atoms with van der Waals surface area (Å²) in [4.78, 5) is 26.5. The maximum Gasteiger partial charge on any atom is 0.341 e. The summed E-state index contributed by atoms with van der Waals surface area (Å²) in [6.07, 6.45) is -0.914. The number of rotatable bonds is 7. The van der Waals surface area contributed by atoms with E-state index >= 15 is 0 Å². The van der Waals surface area contributed by atoms with Crippen LogP contribution < -0.4 is 20.1 Å². The Hall–Kier alpha value is -4.07. The summed E-state index contributed by atoms with van der Waals surface area (Å²) in [7, 11) is 0. The van der Waals surface area contributed by atoms with Gasteiger partial charge < -0.3 is 39.1 Å². The van der Waals surface area contributed by atoms with E-state index in [2.05, 4.69) is 25.7 Å². The van der Waals surface area contributed by atoms with Crippen LogP contribution in [-0.4, -0.2) is 89.9 Å². The van der Waals surface area contributed by atoms with Crippen molar-refractivity contribution in [1.29, 1.82) is 0 Å². The number of hydrogen-bond donors (Lipinski definition) is 1. The smallest absolute Gasteiger partial charge is 0.341 e. The minimum atomic E-state index is -1.42. The Labute approximate surface area is 217 Å². The van der Waals surface area contributed by atoms with Crippen LogP contribution in [0.1, 0.15) is 26.8 Å². The van der Waals surface area contributed by atoms with Gasteiger partial charge in [0.25, 0.3) is 5.91 Å². The van der Waals surface area contributed by atoms with Gasteiger partial charge in [0.2, 0.25) is 0 Å². The SMILES string of the molecule is O=C([O-])c1ccccc1C(=O)N[C@H]1CO[C@H]2[C@@H]1OC[C@@H]2n1nnnc1Oc1cccc(N2CCOCC2)c1. The van der Waals surface area contributed by atoms with E-state index in [0.717, 1.165) is 18.8 Å². The van der Waals surface area contributed by atoms with E-state index in [-0.39, 0.29) is 36.4 Å². The second kappa shape index (κ2) is 10.4. The number of aromatic carboxylic acids is 1. The number of nitrogens with zero attached hydrogens (tertiary/aromatic N) is 5. The number of carbonyl (C=O) groups excluding carboxylic acids is 2. The molecule has 3 fully saturated rings. The molecule has 3 aromatic rings. The van der Waals surface area contributed by atoms with Crippen molar-refractivity contribution < 1.29 is 33.6 Å². The maximum absolute atomic E-state index is 12.8. The van der Waals surface area contributed by atoms with Crippen molar-refractivity contribution in [3.63, 3.8) is 0 Å². The van der Waals surface area contributed by atoms with Crippen LogP contribution in [0.4, 0.5) is 5.69 Å². The number of tetrazole rings is 1. The van der Waals surface area contributed by atoms with Crippen molar-refractivity contribution in [2.24, 2.45) is 0 Å². The van der Waals surface area contributed by atoms with Gasteiger partial charge in [0.05, 0.1) is 38.4 Å². The zero-order valence-electron chi connectivity index (χ0n) is 20.3. The maximum atomic E-state index is 12.8. The van der Waals surface area contributed by atoms with Gasteiger partial charge in [0, 0.05) is 36.0 Å². The van der Waals surface area contributed by atoms with Crippen molar-refractivity contribution in [3.05, 3.63) is 59.7 Å². The number of amides is 1. The molecule has 6 rings (SSSR count). The molecule has 0 aliphatic carbocycles. The van der Waals surface area contributed by atoms with Crippen molar-refractivity contribution in [3.8, 4) is 11.8 Å². The highest BCUT2D eigenvalue weighted by atomic mass is 16.6. The summed E-state index contributed by atoms with van der Waals surface area (Å²) in [6.45, 7) is 3.39. The molecule has 13 nitrogen and oxygen atoms in total. The number of hydrogen-bond acceptors (Lipinski definition) is 11. The topological polar surface area (TPSA) is 153 Å². The zero-order chi connectivity index (χ0) is 26.1. The van der Waals surface area contributed by atoms with Crippen LogP contribution in [0.3, 0.4) is 0 Å². The van der Waals surface area contributed by atoms with Crippen molar-refractivity contribution >= 4 is 17.6 Å². The van der Waals surface area contributed by atoms with E-state index in [1.54, 1.807) is 6.07 Å². The van der Waals surface area contributed by atoms with Crippen molar-refractivity contribution in [1.82, 2.24) is 25.5 Å². The third kappa shape index (κ3) is 4.66. The summed E-state index contributed by atoms with van der Waals surface area (Å²) >= 11 is 0. The summed E-state index contributed by atoms with van der Waals surface area (Å²) in [6, 6.07) is 12.9. The molecule has 38 heavy (non-hydrogen) atoms. The summed E-state index contributed by atoms with van der Waals surface area (Å²) in [5.74, 6) is -1.38. The molecule has 4 atom stereocenters. The zero-order valence-corrected chi connectivity index (χ0v) is 20.3. The minimum Gasteiger partial charge on any atom is -0.545 e. The first kappa shape index (κ1) is 24.3. The average Bonchev–Trinajstić information content (AvgIpc) is 3.67. The molecule has 0 spiro atoms. The standard InChI is InChI=1S/C25H26N6O7/c32-23(17-6-1-2-7-18(17)24(33)34)26-19-13-36-22-20(14-37-21(19)22)31-25(27-28-29-31)38-16-5-3-4-15(12-16)30-8-10-35-11-9-30/h1-7,12,19-22H,8-11,13-14H2,(H,26,32)(H,33,34)/p-1/t19-,20-,21+,22+/m0/s1. The van der Waals surface area contributed by atoms with Gasteiger partial charge >= 0.3 is 6.01 Å². The quantitative estimate of drug-likeness (QED) is 0.440. The number of nitrogens with one attached hydrogen (secondary N) is 1. The molecule has 3 aliphatic rings. The molecule has 4 heterocycles. The lowest BCUT2D eigenvalue weighted by atomic mass is 10.0. The van der Waals surface area contributed by atoms with Gasteiger partial charge in [-0.05, 0) is 28.6 Å². The Morgan fingerprint density at radius 2 is 1.79 bits per heavy atom. The molecule has 2 aromatic carbocycles. The van der Waals surface area contributed by atoms with Crippen molar-refractivity contribution in [2.75, 3.05) is 44.4 Å². The number of ether oxygens (including phenoxy) is 4. The number of anilines is 1. The minimum absolute atomic E-state index is 0.0148. The van der Waals surface area contributed by atoms with E-state index in [0.29, 0.717) is 19.0 Å². The van der Waals surface area contributed by atoms with Gasteiger partial charge in [-0.3, -0.25) is 4.79 Å². The first-order chi connectivity index (χ1) is 18.6. The predicted octanol–water partition coefficient (Wildman–Crippen LogP) is -0.197. The molecular formula is C25H25N6O7-. The van der Waals surface area contributed by atoms with Gasteiger partial charge in [0.15, 0.2) is 0 Å². The van der Waals surface area contributed by atoms with E-state index < -0.39 is 30.1 Å². The second-order valence-electron chi connectivity index (χ2n) is 9.18. The predicted molar refractivity (Wildman–Crippen MR) is 128 cm³/mol. The van der Waals surface area contributed by atoms with Gasteiger partial charge in [-0.25, -0.2) is 0 Å². The Balaban J connectivity index is 1.14. The number of fused-ring (bicyclic) bond motifs is 1. The Morgan fingerprint density at radius 3 is 2.61 bits per heavy atom. The van der Waals surface area contributed by atoms with Crippen LogP contribution in [0, 0.1) is 0 Å². The number of benzene rings is 2. The monoisotopic (exact) mass is 521 g/mol. The summed E-state index contributed by atoms with van der Waals surface area (Å²) in [5.41, 5.74) is 0.854. The largest absolute Gasteiger partial charge is 0.545 e. The normalized spacial score (nSPS) is 24.7. The molecule has 13 heteroatoms. The van der Waals surface area contributed by atoms with E-state index in [9.17, 15) is 14.7 Å². The van der Waals surface area contributed by atoms with E-state index in [4.69, 9.17) is 18.9 Å². The van der Waals surface area contributed by atoms with Crippen LogP contribution in [-0.2, 0) is 14.2 Å². The highest BCUT2D eigenvalue weighted by Gasteiger charge is 2.50.